The second-order valence-electron chi connectivity index (χ2n) is 4.94. The molecule has 5 nitrogen and oxygen atoms in total. The van der Waals surface area contributed by atoms with Crippen molar-refractivity contribution in [1.29, 1.82) is 0 Å². The molecule has 1 amide bonds. The summed E-state index contributed by atoms with van der Waals surface area (Å²) in [5.74, 6) is -1.41. The van der Waals surface area contributed by atoms with Crippen molar-refractivity contribution >= 4 is 29.2 Å². The summed E-state index contributed by atoms with van der Waals surface area (Å²) in [5.41, 5.74) is -0.451. The van der Waals surface area contributed by atoms with Crippen LogP contribution >= 0.6 is 11.6 Å². The molecule has 0 spiro atoms. The summed E-state index contributed by atoms with van der Waals surface area (Å²) in [6.07, 6.45) is 1.39. The van der Waals surface area contributed by atoms with E-state index < -0.39 is 18.1 Å². The smallest absolute Gasteiger partial charge is 0.323 e. The molecule has 0 saturated carbocycles. The molecule has 108 valence electrons. The number of benzene rings is 1. The van der Waals surface area contributed by atoms with Crippen molar-refractivity contribution in [2.75, 3.05) is 18.1 Å². The molecule has 1 unspecified atom stereocenters. The molecule has 1 aliphatic heterocycles. The Hall–Kier alpha value is -1.59. The highest BCUT2D eigenvalue weighted by molar-refractivity contribution is 6.30. The van der Waals surface area contributed by atoms with Gasteiger partial charge in [-0.1, -0.05) is 11.6 Å². The molecule has 2 rings (SSSR count). The van der Waals surface area contributed by atoms with Gasteiger partial charge in [0.15, 0.2) is 0 Å². The molecule has 1 aliphatic rings. The molecule has 1 saturated heterocycles. The lowest BCUT2D eigenvalue weighted by atomic mass is 10.0. The lowest BCUT2D eigenvalue weighted by molar-refractivity contribution is -0.141. The Bertz CT molecular complexity index is 508. The van der Waals surface area contributed by atoms with Crippen LogP contribution in [0.3, 0.4) is 0 Å². The molecule has 6 heteroatoms. The molecular formula is C14H16ClNO4. The third kappa shape index (κ3) is 3.11. The van der Waals surface area contributed by atoms with E-state index in [0.717, 1.165) is 6.42 Å². The normalized spacial score (nSPS) is 21.7. The molecule has 1 fully saturated rings. The SMILES string of the molecule is CC1(C(=O)N(CC(=O)O)c2ccc(Cl)cc2)CCCO1. The number of aliphatic carboxylic acids is 1. The van der Waals surface area contributed by atoms with Crippen LogP contribution in [0.5, 0.6) is 0 Å². The van der Waals surface area contributed by atoms with Gasteiger partial charge in [0, 0.05) is 17.3 Å². The second kappa shape index (κ2) is 5.81. The van der Waals surface area contributed by atoms with Gasteiger partial charge in [0.2, 0.25) is 0 Å². The first-order valence-corrected chi connectivity index (χ1v) is 6.73. The molecule has 0 aromatic heterocycles. The first-order valence-electron chi connectivity index (χ1n) is 6.36. The van der Waals surface area contributed by atoms with E-state index in [9.17, 15) is 9.59 Å². The highest BCUT2D eigenvalue weighted by Crippen LogP contribution is 2.29. The van der Waals surface area contributed by atoms with E-state index in [1.54, 1.807) is 31.2 Å². The number of carbonyl (C=O) groups is 2. The maximum absolute atomic E-state index is 12.6. The minimum absolute atomic E-state index is 0.334. The summed E-state index contributed by atoms with van der Waals surface area (Å²) in [6, 6.07) is 6.50. The molecule has 1 aromatic carbocycles. The Kier molecular flexibility index (Phi) is 4.30. The Balaban J connectivity index is 2.29. The van der Waals surface area contributed by atoms with Crippen molar-refractivity contribution in [2.24, 2.45) is 0 Å². The quantitative estimate of drug-likeness (QED) is 0.926. The second-order valence-corrected chi connectivity index (χ2v) is 5.38. The number of carbonyl (C=O) groups excluding carboxylic acids is 1. The third-order valence-electron chi connectivity index (χ3n) is 3.35. The first kappa shape index (κ1) is 14.8. The summed E-state index contributed by atoms with van der Waals surface area (Å²) in [7, 11) is 0. The number of ether oxygens (including phenoxy) is 1. The Morgan fingerprint density at radius 2 is 2.05 bits per heavy atom. The first-order chi connectivity index (χ1) is 9.42. The van der Waals surface area contributed by atoms with Gasteiger partial charge in [0.1, 0.15) is 12.1 Å². The molecule has 0 bridgehead atoms. The van der Waals surface area contributed by atoms with Crippen molar-refractivity contribution in [2.45, 2.75) is 25.4 Å². The zero-order chi connectivity index (χ0) is 14.8. The predicted molar refractivity (Wildman–Crippen MR) is 75.0 cm³/mol. The molecule has 1 N–H and O–H groups in total. The third-order valence-corrected chi connectivity index (χ3v) is 3.60. The number of halogens is 1. The fourth-order valence-electron chi connectivity index (χ4n) is 2.27. The average molecular weight is 298 g/mol. The highest BCUT2D eigenvalue weighted by atomic mass is 35.5. The van der Waals surface area contributed by atoms with Gasteiger partial charge < -0.3 is 9.84 Å². The Labute approximate surface area is 122 Å². The van der Waals surface area contributed by atoms with Gasteiger partial charge in [0.05, 0.1) is 0 Å². The van der Waals surface area contributed by atoms with Crippen molar-refractivity contribution < 1.29 is 19.4 Å². The molecule has 1 aromatic rings. The van der Waals surface area contributed by atoms with E-state index in [-0.39, 0.29) is 5.91 Å². The van der Waals surface area contributed by atoms with Gasteiger partial charge in [-0.15, -0.1) is 0 Å². The van der Waals surface area contributed by atoms with E-state index >= 15 is 0 Å². The van der Waals surface area contributed by atoms with Crippen LogP contribution in [0.25, 0.3) is 0 Å². The summed E-state index contributed by atoms with van der Waals surface area (Å²) in [5, 5.41) is 9.54. The number of nitrogens with zero attached hydrogens (tertiary/aromatic N) is 1. The Morgan fingerprint density at radius 3 is 2.55 bits per heavy atom. The van der Waals surface area contributed by atoms with Crippen LogP contribution in [0.4, 0.5) is 5.69 Å². The monoisotopic (exact) mass is 297 g/mol. The maximum Gasteiger partial charge on any atom is 0.323 e. The van der Waals surface area contributed by atoms with Crippen LogP contribution in [0.2, 0.25) is 5.02 Å². The number of carboxylic acid groups (broad SMARTS) is 1. The van der Waals surface area contributed by atoms with Crippen LogP contribution in [0.1, 0.15) is 19.8 Å². The van der Waals surface area contributed by atoms with Gasteiger partial charge in [-0.3, -0.25) is 14.5 Å². The molecule has 1 atom stereocenters. The molecular weight excluding hydrogens is 282 g/mol. The Morgan fingerprint density at radius 1 is 1.40 bits per heavy atom. The largest absolute Gasteiger partial charge is 0.480 e. The number of hydrogen-bond acceptors (Lipinski definition) is 3. The van der Waals surface area contributed by atoms with Crippen LogP contribution in [0, 0.1) is 0 Å². The lowest BCUT2D eigenvalue weighted by Crippen LogP contribution is -2.48. The van der Waals surface area contributed by atoms with Crippen molar-refractivity contribution in [3.63, 3.8) is 0 Å². The van der Waals surface area contributed by atoms with Gasteiger partial charge in [-0.05, 0) is 44.0 Å². The van der Waals surface area contributed by atoms with Gasteiger partial charge >= 0.3 is 5.97 Å². The number of hydrogen-bond donors (Lipinski definition) is 1. The van der Waals surface area contributed by atoms with Crippen LogP contribution in [0.15, 0.2) is 24.3 Å². The number of carboxylic acids is 1. The molecule has 1 heterocycles. The topological polar surface area (TPSA) is 66.8 Å². The number of amides is 1. The van der Waals surface area contributed by atoms with Crippen molar-refractivity contribution in [3.05, 3.63) is 29.3 Å². The number of anilines is 1. The van der Waals surface area contributed by atoms with Crippen LogP contribution in [-0.4, -0.2) is 35.7 Å². The highest BCUT2D eigenvalue weighted by Gasteiger charge is 2.41. The van der Waals surface area contributed by atoms with E-state index in [1.165, 1.54) is 4.90 Å². The zero-order valence-corrected chi connectivity index (χ0v) is 11.9. The predicted octanol–water partition coefficient (Wildman–Crippen LogP) is 2.33. The minimum atomic E-state index is -1.07. The maximum atomic E-state index is 12.6. The zero-order valence-electron chi connectivity index (χ0n) is 11.1. The molecule has 20 heavy (non-hydrogen) atoms. The minimum Gasteiger partial charge on any atom is -0.480 e. The van der Waals surface area contributed by atoms with Crippen molar-refractivity contribution in [1.82, 2.24) is 0 Å². The van der Waals surface area contributed by atoms with E-state index in [2.05, 4.69) is 0 Å². The fourth-order valence-corrected chi connectivity index (χ4v) is 2.40. The van der Waals surface area contributed by atoms with Gasteiger partial charge in [-0.2, -0.15) is 0 Å². The lowest BCUT2D eigenvalue weighted by Gasteiger charge is -2.30. The van der Waals surface area contributed by atoms with Gasteiger partial charge in [-0.25, -0.2) is 0 Å². The summed E-state index contributed by atoms with van der Waals surface area (Å²) in [4.78, 5) is 24.8. The van der Waals surface area contributed by atoms with Crippen molar-refractivity contribution in [3.8, 4) is 0 Å². The van der Waals surface area contributed by atoms with Crippen LogP contribution in [-0.2, 0) is 14.3 Å². The fraction of sp³-hybridized carbons (Fsp3) is 0.429. The van der Waals surface area contributed by atoms with Gasteiger partial charge in [0.25, 0.3) is 5.91 Å². The summed E-state index contributed by atoms with van der Waals surface area (Å²) < 4.78 is 5.50. The van der Waals surface area contributed by atoms with E-state index in [1.807, 2.05) is 0 Å². The summed E-state index contributed by atoms with van der Waals surface area (Å²) >= 11 is 5.81. The number of rotatable bonds is 4. The van der Waals surface area contributed by atoms with E-state index in [0.29, 0.717) is 23.7 Å². The molecule has 0 radical (unpaired) electrons. The average Bonchev–Trinajstić information content (AvgIpc) is 2.84. The standard InChI is InChI=1S/C14H16ClNO4/c1-14(7-2-8-20-14)13(19)16(9-12(17)18)11-5-3-10(15)4-6-11/h3-6H,2,7-9H2,1H3,(H,17,18). The van der Waals surface area contributed by atoms with Crippen LogP contribution < -0.4 is 4.90 Å². The van der Waals surface area contributed by atoms with E-state index in [4.69, 9.17) is 21.4 Å². The molecule has 0 aliphatic carbocycles. The summed E-state index contributed by atoms with van der Waals surface area (Å²) in [6.45, 7) is 1.82.